The second-order valence-corrected chi connectivity index (χ2v) is 11.1. The van der Waals surface area contributed by atoms with Crippen LogP contribution in [0.15, 0.2) is 41.8 Å². The summed E-state index contributed by atoms with van der Waals surface area (Å²) >= 11 is 3.40. The van der Waals surface area contributed by atoms with Crippen molar-refractivity contribution < 1.29 is 4.79 Å². The van der Waals surface area contributed by atoms with Crippen molar-refractivity contribution in [3.05, 3.63) is 57.9 Å². The van der Waals surface area contributed by atoms with Crippen LogP contribution in [0.2, 0.25) is 0 Å². The van der Waals surface area contributed by atoms with Crippen molar-refractivity contribution in [1.82, 2.24) is 20.1 Å². The van der Waals surface area contributed by atoms with Crippen LogP contribution in [-0.2, 0) is 4.79 Å². The molecule has 1 aliphatic heterocycles. The van der Waals surface area contributed by atoms with E-state index in [1.54, 1.807) is 22.7 Å². The maximum absolute atomic E-state index is 13.2. The number of anilines is 1. The minimum atomic E-state index is -0.0187. The Labute approximate surface area is 208 Å². The van der Waals surface area contributed by atoms with Gasteiger partial charge in [-0.1, -0.05) is 48.4 Å². The average molecular weight is 494 g/mol. The Kier molecular flexibility index (Phi) is 6.70. The number of piperidine rings is 1. The highest BCUT2D eigenvalue weighted by Crippen LogP contribution is 2.35. The third kappa shape index (κ3) is 4.61. The van der Waals surface area contributed by atoms with E-state index >= 15 is 0 Å². The van der Waals surface area contributed by atoms with Crippen molar-refractivity contribution in [2.75, 3.05) is 18.0 Å². The molecule has 0 aliphatic carbocycles. The molecular weight excluding hydrogens is 462 g/mol. The SMILES string of the molecule is CCC[C@H](NC(=O)[C@@H]1CCCN(c2nc3c(s2)c(C)nn3-c2ccc(C)cc2)C1)c1cccs1. The third-order valence-corrected chi connectivity index (χ3v) is 8.70. The Morgan fingerprint density at radius 2 is 2.06 bits per heavy atom. The second kappa shape index (κ2) is 9.88. The number of thiazole rings is 1. The summed E-state index contributed by atoms with van der Waals surface area (Å²) in [5.41, 5.74) is 4.13. The summed E-state index contributed by atoms with van der Waals surface area (Å²) in [6.45, 7) is 7.94. The number of hydrogen-bond donors (Lipinski definition) is 1. The largest absolute Gasteiger partial charge is 0.348 e. The quantitative estimate of drug-likeness (QED) is 0.341. The summed E-state index contributed by atoms with van der Waals surface area (Å²) in [5, 5.41) is 11.1. The number of hydrogen-bond acceptors (Lipinski definition) is 6. The molecule has 1 aliphatic rings. The minimum absolute atomic E-state index is 0.0187. The summed E-state index contributed by atoms with van der Waals surface area (Å²) in [6.07, 6.45) is 3.93. The highest BCUT2D eigenvalue weighted by molar-refractivity contribution is 7.22. The van der Waals surface area contributed by atoms with Crippen molar-refractivity contribution in [3.63, 3.8) is 0 Å². The molecule has 1 N–H and O–H groups in total. The normalized spacial score (nSPS) is 17.3. The van der Waals surface area contributed by atoms with Crippen LogP contribution in [0.4, 0.5) is 5.13 Å². The molecule has 0 spiro atoms. The lowest BCUT2D eigenvalue weighted by atomic mass is 9.96. The van der Waals surface area contributed by atoms with Gasteiger partial charge < -0.3 is 10.2 Å². The minimum Gasteiger partial charge on any atom is -0.348 e. The molecule has 5 rings (SSSR count). The monoisotopic (exact) mass is 493 g/mol. The number of fused-ring (bicyclic) bond motifs is 1. The van der Waals surface area contributed by atoms with E-state index in [1.165, 1.54) is 10.4 Å². The summed E-state index contributed by atoms with van der Waals surface area (Å²) in [6, 6.07) is 12.7. The molecule has 1 saturated heterocycles. The lowest BCUT2D eigenvalue weighted by molar-refractivity contribution is -0.126. The number of nitrogens with zero attached hydrogens (tertiary/aromatic N) is 4. The Bertz CT molecular complexity index is 1260. The predicted molar refractivity (Wildman–Crippen MR) is 141 cm³/mol. The molecule has 4 aromatic rings. The van der Waals surface area contributed by atoms with Crippen molar-refractivity contribution in [2.45, 2.75) is 52.5 Å². The van der Waals surface area contributed by atoms with Crippen molar-refractivity contribution in [3.8, 4) is 5.69 Å². The number of aromatic nitrogens is 3. The van der Waals surface area contributed by atoms with E-state index in [0.29, 0.717) is 6.54 Å². The van der Waals surface area contributed by atoms with Crippen LogP contribution < -0.4 is 10.2 Å². The van der Waals surface area contributed by atoms with E-state index in [0.717, 1.165) is 59.1 Å². The number of amides is 1. The van der Waals surface area contributed by atoms with Crippen LogP contribution >= 0.6 is 22.7 Å². The average Bonchev–Trinajstić information content (AvgIpc) is 3.58. The van der Waals surface area contributed by atoms with Gasteiger partial charge in [-0.25, -0.2) is 4.68 Å². The number of carbonyl (C=O) groups is 1. The van der Waals surface area contributed by atoms with Gasteiger partial charge in [0.05, 0.1) is 28.0 Å². The van der Waals surface area contributed by atoms with E-state index in [1.807, 2.05) is 11.6 Å². The zero-order chi connectivity index (χ0) is 23.7. The van der Waals surface area contributed by atoms with Crippen LogP contribution in [0.5, 0.6) is 0 Å². The van der Waals surface area contributed by atoms with Gasteiger partial charge in [-0.05, 0) is 56.7 Å². The lowest BCUT2D eigenvalue weighted by Gasteiger charge is -2.32. The summed E-state index contributed by atoms with van der Waals surface area (Å²) in [4.78, 5) is 21.8. The van der Waals surface area contributed by atoms with E-state index in [4.69, 9.17) is 10.1 Å². The molecule has 1 aromatic carbocycles. The first-order valence-electron chi connectivity index (χ1n) is 12.1. The van der Waals surface area contributed by atoms with Gasteiger partial charge in [-0.3, -0.25) is 4.79 Å². The molecule has 178 valence electrons. The molecular formula is C26H31N5OS2. The highest BCUT2D eigenvalue weighted by Gasteiger charge is 2.30. The number of benzene rings is 1. The standard InChI is InChI=1S/C26H31N5OS2/c1-4-7-21(22-9-6-15-33-22)27-25(32)19-8-5-14-30(16-19)26-28-24-23(34-26)18(3)29-31(24)20-12-10-17(2)11-13-20/h6,9-13,15,19,21H,4-5,7-8,14,16H2,1-3H3,(H,27,32)/t19-,21+/m1/s1. The van der Waals surface area contributed by atoms with Gasteiger partial charge in [0.15, 0.2) is 10.8 Å². The van der Waals surface area contributed by atoms with Crippen molar-refractivity contribution in [1.29, 1.82) is 0 Å². The van der Waals surface area contributed by atoms with Gasteiger partial charge in [-0.2, -0.15) is 10.1 Å². The highest BCUT2D eigenvalue weighted by atomic mass is 32.1. The van der Waals surface area contributed by atoms with Crippen LogP contribution in [0.1, 0.15) is 54.8 Å². The molecule has 0 radical (unpaired) electrons. The molecule has 34 heavy (non-hydrogen) atoms. The maximum Gasteiger partial charge on any atom is 0.225 e. The Hall–Kier alpha value is -2.71. The molecule has 6 nitrogen and oxygen atoms in total. The van der Waals surface area contributed by atoms with Crippen LogP contribution in [0.3, 0.4) is 0 Å². The van der Waals surface area contributed by atoms with Crippen LogP contribution in [0, 0.1) is 19.8 Å². The lowest BCUT2D eigenvalue weighted by Crippen LogP contribution is -2.44. The molecule has 1 amide bonds. The van der Waals surface area contributed by atoms with Gasteiger partial charge in [0.1, 0.15) is 0 Å². The Morgan fingerprint density at radius 3 is 2.79 bits per heavy atom. The number of aryl methyl sites for hydroxylation is 2. The first-order chi connectivity index (χ1) is 16.5. The Morgan fingerprint density at radius 1 is 1.24 bits per heavy atom. The van der Waals surface area contributed by atoms with E-state index in [9.17, 15) is 4.79 Å². The van der Waals surface area contributed by atoms with Gasteiger partial charge in [-0.15, -0.1) is 11.3 Å². The van der Waals surface area contributed by atoms with Gasteiger partial charge >= 0.3 is 0 Å². The van der Waals surface area contributed by atoms with E-state index in [-0.39, 0.29) is 17.9 Å². The smallest absolute Gasteiger partial charge is 0.225 e. The van der Waals surface area contributed by atoms with Gasteiger partial charge in [0.25, 0.3) is 0 Å². The third-order valence-electron chi connectivity index (χ3n) is 6.50. The predicted octanol–water partition coefficient (Wildman–Crippen LogP) is 6.03. The molecule has 8 heteroatoms. The molecule has 2 atom stereocenters. The second-order valence-electron chi connectivity index (χ2n) is 9.13. The van der Waals surface area contributed by atoms with Crippen LogP contribution in [0.25, 0.3) is 16.0 Å². The first kappa shape index (κ1) is 23.1. The first-order valence-corrected chi connectivity index (χ1v) is 13.7. The van der Waals surface area contributed by atoms with Crippen LogP contribution in [-0.4, -0.2) is 33.8 Å². The molecule has 0 unspecified atom stereocenters. The number of rotatable bonds is 7. The zero-order valence-electron chi connectivity index (χ0n) is 20.0. The summed E-state index contributed by atoms with van der Waals surface area (Å²) in [5.74, 6) is 0.148. The molecule has 4 heterocycles. The van der Waals surface area contributed by atoms with E-state index < -0.39 is 0 Å². The summed E-state index contributed by atoms with van der Waals surface area (Å²) < 4.78 is 3.05. The Balaban J connectivity index is 1.34. The number of thiophene rings is 1. The van der Waals surface area contributed by atoms with Gasteiger partial charge in [0, 0.05) is 18.0 Å². The number of nitrogens with one attached hydrogen (secondary N) is 1. The molecule has 0 saturated carbocycles. The summed E-state index contributed by atoms with van der Waals surface area (Å²) in [7, 11) is 0. The fourth-order valence-corrected chi connectivity index (χ4v) is 6.48. The van der Waals surface area contributed by atoms with Crippen molar-refractivity contribution in [2.24, 2.45) is 5.92 Å². The molecule has 0 bridgehead atoms. The fourth-order valence-electron chi connectivity index (χ4n) is 4.64. The molecule has 1 fully saturated rings. The number of carbonyl (C=O) groups excluding carboxylic acids is 1. The maximum atomic E-state index is 13.2. The topological polar surface area (TPSA) is 63.1 Å². The molecule has 3 aromatic heterocycles. The zero-order valence-corrected chi connectivity index (χ0v) is 21.6. The van der Waals surface area contributed by atoms with Gasteiger partial charge in [0.2, 0.25) is 5.91 Å². The van der Waals surface area contributed by atoms with E-state index in [2.05, 4.69) is 65.8 Å². The fraction of sp³-hybridized carbons (Fsp3) is 0.423. The van der Waals surface area contributed by atoms with Crippen molar-refractivity contribution >= 4 is 44.1 Å².